The third-order valence-electron chi connectivity index (χ3n) is 3.98. The number of rotatable bonds is 3. The number of hydrogen-bond acceptors (Lipinski definition) is 5. The summed E-state index contributed by atoms with van der Waals surface area (Å²) in [5, 5.41) is 20.3. The molecule has 1 heterocycles. The number of hydrogen-bond donors (Lipinski definition) is 3. The van der Waals surface area contributed by atoms with Crippen molar-refractivity contribution in [3.05, 3.63) is 53.1 Å². The van der Waals surface area contributed by atoms with Gasteiger partial charge in [-0.05, 0) is 37.3 Å². The number of nitrogens with zero attached hydrogens (tertiary/aromatic N) is 1. The van der Waals surface area contributed by atoms with Crippen molar-refractivity contribution in [2.75, 3.05) is 17.7 Å². The molecule has 0 spiro atoms. The normalized spacial score (nSPS) is 15.9. The lowest BCUT2D eigenvalue weighted by molar-refractivity contribution is 0.274. The molecule has 5 heteroatoms. The van der Waals surface area contributed by atoms with Gasteiger partial charge in [-0.15, -0.1) is 0 Å². The zero-order valence-electron chi connectivity index (χ0n) is 12.9. The van der Waals surface area contributed by atoms with Crippen molar-refractivity contribution in [2.45, 2.75) is 19.4 Å². The third kappa shape index (κ3) is 2.97. The second kappa shape index (κ2) is 6.01. The third-order valence-corrected chi connectivity index (χ3v) is 3.98. The number of ether oxygens (including phenoxy) is 1. The first-order chi connectivity index (χ1) is 11.1. The van der Waals surface area contributed by atoms with E-state index in [1.165, 1.54) is 0 Å². The minimum absolute atomic E-state index is 0.106. The van der Waals surface area contributed by atoms with Crippen molar-refractivity contribution in [3.63, 3.8) is 0 Å². The Hall–Kier alpha value is -3.00. The quantitative estimate of drug-likeness (QED) is 0.597. The lowest BCUT2D eigenvalue weighted by Crippen LogP contribution is -2.20. The summed E-state index contributed by atoms with van der Waals surface area (Å²) in [6, 6.07) is 13.4. The van der Waals surface area contributed by atoms with Gasteiger partial charge in [-0.25, -0.2) is 0 Å². The highest BCUT2D eigenvalue weighted by atomic mass is 16.5. The summed E-state index contributed by atoms with van der Waals surface area (Å²) in [5.74, 6) is 0.756. The first-order valence-corrected chi connectivity index (χ1v) is 7.47. The molecule has 0 fully saturated rings. The summed E-state index contributed by atoms with van der Waals surface area (Å²) < 4.78 is 5.67. The molecular formula is C18H18N4O. The van der Waals surface area contributed by atoms with Crippen LogP contribution in [0.15, 0.2) is 36.4 Å². The smallest absolute Gasteiger partial charge is 0.125 e. The molecule has 0 saturated heterocycles. The Morgan fingerprint density at radius 1 is 1.35 bits per heavy atom. The summed E-state index contributed by atoms with van der Waals surface area (Å²) in [4.78, 5) is 0. The standard InChI is InChI=1S/C18H18N4O/c1-11(20)15-9-13(3-5-16(15)21)22-17-6-7-23-18-8-12(10-19)2-4-14(17)18/h2-5,8-9,17,20,22H,6-7,21H2,1H3/t17-/m1/s1. The molecule has 0 radical (unpaired) electrons. The van der Waals surface area contributed by atoms with Crippen molar-refractivity contribution in [1.29, 1.82) is 10.7 Å². The fraction of sp³-hybridized carbons (Fsp3) is 0.222. The Kier molecular flexibility index (Phi) is 3.90. The second-order valence-corrected chi connectivity index (χ2v) is 5.63. The first-order valence-electron chi connectivity index (χ1n) is 7.47. The van der Waals surface area contributed by atoms with Crippen LogP contribution in [0, 0.1) is 16.7 Å². The van der Waals surface area contributed by atoms with Gasteiger partial charge in [-0.2, -0.15) is 5.26 Å². The molecule has 0 amide bonds. The van der Waals surface area contributed by atoms with E-state index in [1.54, 1.807) is 19.1 Å². The van der Waals surface area contributed by atoms with Crippen LogP contribution in [0.25, 0.3) is 0 Å². The molecule has 1 aliphatic heterocycles. The molecule has 5 nitrogen and oxygen atoms in total. The minimum Gasteiger partial charge on any atom is -0.493 e. The van der Waals surface area contributed by atoms with Crippen LogP contribution in [0.2, 0.25) is 0 Å². The van der Waals surface area contributed by atoms with E-state index in [0.29, 0.717) is 23.6 Å². The van der Waals surface area contributed by atoms with Crippen LogP contribution in [0.1, 0.15) is 36.1 Å². The van der Waals surface area contributed by atoms with Crippen molar-refractivity contribution in [1.82, 2.24) is 0 Å². The van der Waals surface area contributed by atoms with Gasteiger partial charge in [0, 0.05) is 34.6 Å². The average molecular weight is 306 g/mol. The average Bonchev–Trinajstić information content (AvgIpc) is 2.56. The fourth-order valence-corrected chi connectivity index (χ4v) is 2.78. The molecule has 2 aromatic carbocycles. The molecule has 23 heavy (non-hydrogen) atoms. The fourth-order valence-electron chi connectivity index (χ4n) is 2.78. The lowest BCUT2D eigenvalue weighted by atomic mass is 9.98. The van der Waals surface area contributed by atoms with Crippen LogP contribution in [0.4, 0.5) is 11.4 Å². The van der Waals surface area contributed by atoms with Crippen molar-refractivity contribution in [2.24, 2.45) is 0 Å². The number of nitrogen functional groups attached to an aromatic ring is 1. The highest BCUT2D eigenvalue weighted by Crippen LogP contribution is 2.35. The number of anilines is 2. The Labute approximate surface area is 135 Å². The van der Waals surface area contributed by atoms with Crippen molar-refractivity contribution >= 4 is 17.1 Å². The molecule has 0 aromatic heterocycles. The Bertz CT molecular complexity index is 807. The van der Waals surface area contributed by atoms with E-state index in [9.17, 15) is 0 Å². The summed E-state index contributed by atoms with van der Waals surface area (Å²) in [6.45, 7) is 2.33. The molecule has 4 N–H and O–H groups in total. The van der Waals surface area contributed by atoms with Crippen molar-refractivity contribution < 1.29 is 4.74 Å². The molecule has 116 valence electrons. The highest BCUT2D eigenvalue weighted by Gasteiger charge is 2.22. The zero-order chi connectivity index (χ0) is 16.4. The molecule has 0 bridgehead atoms. The zero-order valence-corrected chi connectivity index (χ0v) is 12.9. The van der Waals surface area contributed by atoms with Gasteiger partial charge in [0.1, 0.15) is 5.75 Å². The van der Waals surface area contributed by atoms with E-state index in [-0.39, 0.29) is 6.04 Å². The predicted molar refractivity (Wildman–Crippen MR) is 91.0 cm³/mol. The van der Waals surface area contributed by atoms with Crippen LogP contribution in [-0.2, 0) is 0 Å². The molecule has 1 aliphatic rings. The van der Waals surface area contributed by atoms with Crippen LogP contribution in [0.5, 0.6) is 5.75 Å². The highest BCUT2D eigenvalue weighted by molar-refractivity contribution is 6.01. The SMILES string of the molecule is CC(=N)c1cc(N[C@@H]2CCOc3cc(C#N)ccc32)ccc1N. The summed E-state index contributed by atoms with van der Waals surface area (Å²) in [7, 11) is 0. The molecule has 0 saturated carbocycles. The molecule has 0 aliphatic carbocycles. The van der Waals surface area contributed by atoms with Crippen molar-refractivity contribution in [3.8, 4) is 11.8 Å². The summed E-state index contributed by atoms with van der Waals surface area (Å²) in [6.07, 6.45) is 0.835. The van der Waals surface area contributed by atoms with Crippen LogP contribution < -0.4 is 15.8 Å². The van der Waals surface area contributed by atoms with Crippen LogP contribution in [-0.4, -0.2) is 12.3 Å². The molecular weight excluding hydrogens is 288 g/mol. The number of fused-ring (bicyclic) bond motifs is 1. The van der Waals surface area contributed by atoms with E-state index in [1.807, 2.05) is 24.3 Å². The number of nitrogens with two attached hydrogens (primary N) is 1. The van der Waals surface area contributed by atoms with Gasteiger partial charge in [0.2, 0.25) is 0 Å². The number of benzene rings is 2. The topological polar surface area (TPSA) is 94.9 Å². The molecule has 0 unspecified atom stereocenters. The largest absolute Gasteiger partial charge is 0.493 e. The lowest BCUT2D eigenvalue weighted by Gasteiger charge is -2.28. The predicted octanol–water partition coefficient (Wildman–Crippen LogP) is 3.46. The maximum atomic E-state index is 9.00. The molecule has 2 aromatic rings. The summed E-state index contributed by atoms with van der Waals surface area (Å²) in [5.41, 5.74) is 10.3. The number of nitrogens with one attached hydrogen (secondary N) is 2. The van der Waals surface area contributed by atoms with Gasteiger partial charge >= 0.3 is 0 Å². The van der Waals surface area contributed by atoms with Gasteiger partial charge in [-0.3, -0.25) is 0 Å². The van der Waals surface area contributed by atoms with Crippen LogP contribution in [0.3, 0.4) is 0 Å². The number of nitriles is 1. The molecule has 3 rings (SSSR count). The van der Waals surface area contributed by atoms with Gasteiger partial charge in [0.05, 0.1) is 24.3 Å². The molecule has 1 atom stereocenters. The van der Waals surface area contributed by atoms with Gasteiger partial charge in [0.25, 0.3) is 0 Å². The van der Waals surface area contributed by atoms with Gasteiger partial charge in [-0.1, -0.05) is 6.07 Å². The Morgan fingerprint density at radius 3 is 2.91 bits per heavy atom. The van der Waals surface area contributed by atoms with E-state index in [4.69, 9.17) is 21.1 Å². The van der Waals surface area contributed by atoms with E-state index in [0.717, 1.165) is 29.0 Å². The maximum absolute atomic E-state index is 9.00. The van der Waals surface area contributed by atoms with Gasteiger partial charge < -0.3 is 21.2 Å². The van der Waals surface area contributed by atoms with Crippen LogP contribution >= 0.6 is 0 Å². The van der Waals surface area contributed by atoms with E-state index >= 15 is 0 Å². The monoisotopic (exact) mass is 306 g/mol. The van der Waals surface area contributed by atoms with Gasteiger partial charge in [0.15, 0.2) is 0 Å². The van der Waals surface area contributed by atoms with E-state index in [2.05, 4.69) is 11.4 Å². The Balaban J connectivity index is 1.89. The summed E-state index contributed by atoms with van der Waals surface area (Å²) >= 11 is 0. The maximum Gasteiger partial charge on any atom is 0.125 e. The Morgan fingerprint density at radius 2 is 2.17 bits per heavy atom. The first kappa shape index (κ1) is 14.9. The van der Waals surface area contributed by atoms with E-state index < -0.39 is 0 Å². The second-order valence-electron chi connectivity index (χ2n) is 5.63. The minimum atomic E-state index is 0.106.